The van der Waals surface area contributed by atoms with Crippen LogP contribution in [0.4, 0.5) is 0 Å². The SMILES string of the molecule is CCCCN(CCCC[N+](C)(C)C)C(=O)CN1C[C@H](c2ccc3c(c2)OCO3)[C@@H](C(=O)O)[C@@H]1CCN(C)C(C)=O. The molecule has 3 atom stereocenters. The van der Waals surface area contributed by atoms with E-state index in [0.29, 0.717) is 44.1 Å². The first-order valence-electron chi connectivity index (χ1n) is 14.6. The third-order valence-corrected chi connectivity index (χ3v) is 8.14. The fourth-order valence-electron chi connectivity index (χ4n) is 5.69. The Labute approximate surface area is 239 Å². The van der Waals surface area contributed by atoms with Crippen LogP contribution in [0.5, 0.6) is 11.5 Å². The van der Waals surface area contributed by atoms with Gasteiger partial charge in [-0.2, -0.15) is 0 Å². The van der Waals surface area contributed by atoms with Crippen LogP contribution >= 0.6 is 0 Å². The number of aliphatic carboxylic acids is 1. The van der Waals surface area contributed by atoms with E-state index in [0.717, 1.165) is 42.3 Å². The molecule has 2 aliphatic heterocycles. The van der Waals surface area contributed by atoms with Crippen LogP contribution in [-0.4, -0.2) is 122 Å². The number of unbranched alkanes of at least 4 members (excludes halogenated alkanes) is 2. The molecular formula is C30H49N4O6+. The van der Waals surface area contributed by atoms with Crippen molar-refractivity contribution in [2.75, 3.05) is 74.3 Å². The zero-order chi connectivity index (χ0) is 29.4. The molecule has 1 N–H and O–H groups in total. The molecule has 0 bridgehead atoms. The molecule has 1 fully saturated rings. The van der Waals surface area contributed by atoms with E-state index in [1.165, 1.54) is 6.92 Å². The van der Waals surface area contributed by atoms with Crippen molar-refractivity contribution in [1.82, 2.24) is 14.7 Å². The summed E-state index contributed by atoms with van der Waals surface area (Å²) < 4.78 is 11.9. The molecule has 3 rings (SSSR count). The Morgan fingerprint density at radius 1 is 1.05 bits per heavy atom. The van der Waals surface area contributed by atoms with E-state index >= 15 is 0 Å². The number of hydrogen-bond acceptors (Lipinski definition) is 6. The predicted octanol–water partition coefficient (Wildman–Crippen LogP) is 2.87. The van der Waals surface area contributed by atoms with Crippen LogP contribution in [0.1, 0.15) is 57.4 Å². The van der Waals surface area contributed by atoms with Gasteiger partial charge < -0.3 is 28.9 Å². The number of likely N-dealkylation sites (tertiary alicyclic amines) is 1. The Kier molecular flexibility index (Phi) is 11.2. The Morgan fingerprint density at radius 3 is 2.40 bits per heavy atom. The third kappa shape index (κ3) is 8.57. The summed E-state index contributed by atoms with van der Waals surface area (Å²) in [4.78, 5) is 43.9. The topological polar surface area (TPSA) is 99.6 Å². The lowest BCUT2D eigenvalue weighted by atomic mass is 9.84. The number of amides is 2. The quantitative estimate of drug-likeness (QED) is 0.260. The van der Waals surface area contributed by atoms with Crippen molar-refractivity contribution < 1.29 is 33.4 Å². The van der Waals surface area contributed by atoms with E-state index in [-0.39, 0.29) is 37.1 Å². The molecule has 1 saturated heterocycles. The molecule has 0 aromatic heterocycles. The maximum absolute atomic E-state index is 13.7. The number of rotatable bonds is 15. The Hall–Kier alpha value is -2.85. The summed E-state index contributed by atoms with van der Waals surface area (Å²) >= 11 is 0. The minimum absolute atomic E-state index is 0.0408. The predicted molar refractivity (Wildman–Crippen MR) is 153 cm³/mol. The molecule has 224 valence electrons. The lowest BCUT2D eigenvalue weighted by Gasteiger charge is -2.31. The van der Waals surface area contributed by atoms with Crippen molar-refractivity contribution in [3.8, 4) is 11.5 Å². The van der Waals surface area contributed by atoms with E-state index in [1.807, 2.05) is 28.0 Å². The number of ether oxygens (including phenoxy) is 2. The van der Waals surface area contributed by atoms with Gasteiger partial charge in [0.05, 0.1) is 40.2 Å². The molecule has 1 aromatic carbocycles. The minimum atomic E-state index is -0.892. The number of fused-ring (bicyclic) bond motifs is 1. The lowest BCUT2D eigenvalue weighted by molar-refractivity contribution is -0.870. The Morgan fingerprint density at radius 2 is 1.75 bits per heavy atom. The van der Waals surface area contributed by atoms with Crippen LogP contribution in [0.25, 0.3) is 0 Å². The monoisotopic (exact) mass is 561 g/mol. The molecule has 40 heavy (non-hydrogen) atoms. The van der Waals surface area contributed by atoms with Crippen molar-refractivity contribution in [3.05, 3.63) is 23.8 Å². The second-order valence-electron chi connectivity index (χ2n) is 12.3. The first kappa shape index (κ1) is 31.7. The fraction of sp³-hybridized carbons (Fsp3) is 0.700. The average Bonchev–Trinajstić information content (AvgIpc) is 3.50. The van der Waals surface area contributed by atoms with E-state index in [1.54, 1.807) is 11.9 Å². The molecule has 0 radical (unpaired) electrons. The van der Waals surface area contributed by atoms with E-state index < -0.39 is 11.9 Å². The summed E-state index contributed by atoms with van der Waals surface area (Å²) in [5.41, 5.74) is 0.861. The summed E-state index contributed by atoms with van der Waals surface area (Å²) in [6.07, 6.45) is 4.39. The maximum atomic E-state index is 13.7. The van der Waals surface area contributed by atoms with Gasteiger partial charge >= 0.3 is 5.97 Å². The van der Waals surface area contributed by atoms with Gasteiger partial charge in [-0.25, -0.2) is 0 Å². The number of quaternary nitrogens is 1. The molecule has 0 aliphatic carbocycles. The van der Waals surface area contributed by atoms with Crippen LogP contribution in [0.15, 0.2) is 18.2 Å². The normalized spacial score (nSPS) is 20.5. The maximum Gasteiger partial charge on any atom is 0.308 e. The Balaban J connectivity index is 1.81. The van der Waals surface area contributed by atoms with Gasteiger partial charge in [-0.3, -0.25) is 19.3 Å². The van der Waals surface area contributed by atoms with Crippen molar-refractivity contribution in [1.29, 1.82) is 0 Å². The summed E-state index contributed by atoms with van der Waals surface area (Å²) in [6, 6.07) is 5.21. The molecule has 10 heteroatoms. The van der Waals surface area contributed by atoms with Crippen LogP contribution in [-0.2, 0) is 14.4 Å². The molecular weight excluding hydrogens is 512 g/mol. The lowest BCUT2D eigenvalue weighted by Crippen LogP contribution is -2.46. The first-order valence-corrected chi connectivity index (χ1v) is 14.6. The number of nitrogens with zero attached hydrogens (tertiary/aromatic N) is 4. The van der Waals surface area contributed by atoms with E-state index in [2.05, 4.69) is 28.1 Å². The molecule has 2 heterocycles. The van der Waals surface area contributed by atoms with Gasteiger partial charge in [-0.05, 0) is 43.4 Å². The minimum Gasteiger partial charge on any atom is -0.481 e. The highest BCUT2D eigenvalue weighted by atomic mass is 16.7. The van der Waals surface area contributed by atoms with Crippen LogP contribution in [0.2, 0.25) is 0 Å². The molecule has 1 aromatic rings. The second kappa shape index (κ2) is 14.2. The summed E-state index contributed by atoms with van der Waals surface area (Å²) in [5, 5.41) is 10.4. The smallest absolute Gasteiger partial charge is 0.308 e. The molecule has 10 nitrogen and oxygen atoms in total. The standard InChI is InChI=1S/C30H48N4O6/c1-7-8-14-32(15-9-10-17-34(4,5)6)28(36)20-33-19-24(23-11-12-26-27(18-23)40-21-39-26)29(30(37)38)25(33)13-16-31(3)22(2)35/h11-12,18,24-25,29H,7-10,13-17,19-21H2,1-6H3/p+1/t24-,25+,29-/m1/s1. The van der Waals surface area contributed by atoms with Gasteiger partial charge in [0.25, 0.3) is 0 Å². The van der Waals surface area contributed by atoms with Crippen LogP contribution < -0.4 is 9.47 Å². The number of carboxylic acids is 1. The number of carboxylic acid groups (broad SMARTS) is 1. The average molecular weight is 562 g/mol. The van der Waals surface area contributed by atoms with Crippen molar-refractivity contribution >= 4 is 17.8 Å². The van der Waals surface area contributed by atoms with E-state index in [4.69, 9.17) is 9.47 Å². The van der Waals surface area contributed by atoms with Gasteiger partial charge in [0.1, 0.15) is 0 Å². The molecule has 0 spiro atoms. The zero-order valence-corrected chi connectivity index (χ0v) is 25.2. The van der Waals surface area contributed by atoms with Gasteiger partial charge in [0.2, 0.25) is 18.6 Å². The summed E-state index contributed by atoms with van der Waals surface area (Å²) in [7, 11) is 8.24. The van der Waals surface area contributed by atoms with Crippen molar-refractivity contribution in [2.24, 2.45) is 5.92 Å². The number of carbonyl (C=O) groups excluding carboxylic acids is 2. The zero-order valence-electron chi connectivity index (χ0n) is 25.2. The first-order chi connectivity index (χ1) is 18.9. The van der Waals surface area contributed by atoms with Crippen LogP contribution in [0.3, 0.4) is 0 Å². The van der Waals surface area contributed by atoms with Gasteiger partial charge in [-0.15, -0.1) is 0 Å². The van der Waals surface area contributed by atoms with Crippen LogP contribution in [0, 0.1) is 5.92 Å². The third-order valence-electron chi connectivity index (χ3n) is 8.14. The molecule has 0 saturated carbocycles. The van der Waals surface area contributed by atoms with Crippen molar-refractivity contribution in [2.45, 2.75) is 57.9 Å². The number of carbonyl (C=O) groups is 3. The molecule has 0 unspecified atom stereocenters. The van der Waals surface area contributed by atoms with Crippen molar-refractivity contribution in [3.63, 3.8) is 0 Å². The van der Waals surface area contributed by atoms with E-state index in [9.17, 15) is 19.5 Å². The highest BCUT2D eigenvalue weighted by Crippen LogP contribution is 2.42. The summed E-state index contributed by atoms with van der Waals surface area (Å²) in [5.74, 6) is -0.696. The number of benzene rings is 1. The molecule has 2 amide bonds. The van der Waals surface area contributed by atoms with Gasteiger partial charge in [-0.1, -0.05) is 19.4 Å². The highest BCUT2D eigenvalue weighted by molar-refractivity contribution is 5.79. The largest absolute Gasteiger partial charge is 0.481 e. The van der Waals surface area contributed by atoms with Gasteiger partial charge in [0, 0.05) is 52.1 Å². The highest BCUT2D eigenvalue weighted by Gasteiger charge is 2.47. The van der Waals surface area contributed by atoms with Gasteiger partial charge in [0.15, 0.2) is 11.5 Å². The fourth-order valence-corrected chi connectivity index (χ4v) is 5.69. The summed E-state index contributed by atoms with van der Waals surface area (Å²) in [6.45, 7) is 7.27. The molecule has 2 aliphatic rings. The number of hydrogen-bond donors (Lipinski definition) is 1. The Bertz CT molecular complexity index is 1030. The second-order valence-corrected chi connectivity index (χ2v) is 12.3.